The molecule has 0 saturated carbocycles. The Labute approximate surface area is 598 Å². The number of sulfonamides is 1. The van der Waals surface area contributed by atoms with Crippen LogP contribution in [0.4, 0.5) is 40.3 Å². The second-order valence-corrected chi connectivity index (χ2v) is 33.1. The number of piperazine rings is 4. The van der Waals surface area contributed by atoms with Crippen molar-refractivity contribution in [2.75, 3.05) is 145 Å². The molecule has 5 aliphatic rings. The molecule has 5 aliphatic heterocycles. The van der Waals surface area contributed by atoms with E-state index in [-0.39, 0.29) is 48.2 Å². The van der Waals surface area contributed by atoms with E-state index in [1.165, 1.54) is 66.2 Å². The van der Waals surface area contributed by atoms with Gasteiger partial charge >= 0.3 is 15.5 Å². The minimum atomic E-state index is -5.27. The average molecular weight is 1480 g/mol. The number of benzene rings is 5. The van der Waals surface area contributed by atoms with Crippen molar-refractivity contribution in [3.05, 3.63) is 158 Å². The maximum absolute atomic E-state index is 13.2. The second-order valence-electron chi connectivity index (χ2n) is 27.1. The molecule has 1 unspecified atom stereocenters. The fourth-order valence-corrected chi connectivity index (χ4v) is 17.5. The molecular formula is C72H92F4N16O8S3. The van der Waals surface area contributed by atoms with E-state index >= 15 is 0 Å². The summed E-state index contributed by atoms with van der Waals surface area (Å²) in [5.41, 5.74) is 5.39. The number of alkyl halides is 3. The Kier molecular flexibility index (Phi) is 23.0. The van der Waals surface area contributed by atoms with Crippen LogP contribution in [-0.2, 0) is 40.0 Å². The summed E-state index contributed by atoms with van der Waals surface area (Å²) in [6.07, 6.45) is 10.4. The first-order valence-corrected chi connectivity index (χ1v) is 38.7. The zero-order chi connectivity index (χ0) is 73.8. The fourth-order valence-electron chi connectivity index (χ4n) is 14.6. The number of hydrogen-bond donors (Lipinski definition) is 6. The van der Waals surface area contributed by atoms with Gasteiger partial charge in [-0.25, -0.2) is 17.5 Å². The molecule has 103 heavy (non-hydrogen) atoms. The molecule has 1 atom stereocenters. The number of carbonyl (C=O) groups excluding carboxylic acids is 2. The minimum Gasteiger partial charge on any atom is -0.367 e. The average Bonchev–Trinajstić information content (AvgIpc) is 1.78. The lowest BCUT2D eigenvalue weighted by Gasteiger charge is -2.47. The summed E-state index contributed by atoms with van der Waals surface area (Å²) >= 11 is 0. The lowest BCUT2D eigenvalue weighted by molar-refractivity contribution is -0.134. The molecule has 554 valence electrons. The monoisotopic (exact) mass is 1480 g/mol. The summed E-state index contributed by atoms with van der Waals surface area (Å²) in [7, 11) is -7.29. The van der Waals surface area contributed by atoms with E-state index in [0.29, 0.717) is 75.0 Å². The van der Waals surface area contributed by atoms with Crippen molar-refractivity contribution in [2.45, 2.75) is 70.5 Å². The molecule has 5 aromatic heterocycles. The van der Waals surface area contributed by atoms with E-state index in [2.05, 4.69) is 131 Å². The first-order chi connectivity index (χ1) is 49.0. The highest BCUT2D eigenvalue weighted by atomic mass is 32.2. The van der Waals surface area contributed by atoms with Crippen LogP contribution >= 0.6 is 0 Å². The van der Waals surface area contributed by atoms with Crippen molar-refractivity contribution in [3.8, 4) is 0 Å². The van der Waals surface area contributed by atoms with Gasteiger partial charge in [0.15, 0.2) is 0 Å². The van der Waals surface area contributed by atoms with Crippen molar-refractivity contribution in [1.82, 2.24) is 56.7 Å². The molecule has 10 aromatic rings. The van der Waals surface area contributed by atoms with Gasteiger partial charge in [-0.15, -0.1) is 0 Å². The number of nitrogens with one attached hydrogen (secondary N) is 6. The quantitative estimate of drug-likeness (QED) is 0.0699. The SMILES string of the molecule is CC(=O)N1CCN(c2c[nH]c3ccccc23)CC1(C)C.CC(=O)N1CCN(c2c[nH]c3ccccc23)CC1C.CN(C)S(=O)(=O)N1CCN(c2c[nH]c3ccccc23)CC1.CNS(=O)(=O)N1CCN(c2c[nH]c3ccccc23)CC1.O=S(=O)(N1CCC(c2c[nH]c3cc(F)ccc23)CC1)C(F)(F)F. The van der Waals surface area contributed by atoms with Crippen LogP contribution in [0, 0.1) is 5.82 Å². The van der Waals surface area contributed by atoms with Crippen LogP contribution < -0.4 is 24.3 Å². The van der Waals surface area contributed by atoms with Crippen molar-refractivity contribution < 1.29 is 52.4 Å². The molecule has 31 heteroatoms. The summed E-state index contributed by atoms with van der Waals surface area (Å²) in [4.78, 5) is 52.4. The molecule has 2 amide bonds. The fraction of sp³-hybridized carbons (Fsp3) is 0.417. The number of nitrogens with zero attached hydrogens (tertiary/aromatic N) is 10. The minimum absolute atomic E-state index is 0.0612. The summed E-state index contributed by atoms with van der Waals surface area (Å²) in [6.45, 7) is 19.3. The second kappa shape index (κ2) is 31.3. The molecule has 15 rings (SSSR count). The molecule has 6 N–H and O–H groups in total. The lowest BCUT2D eigenvalue weighted by Crippen LogP contribution is -2.60. The number of hydrogen-bond acceptors (Lipinski definition) is 12. The number of rotatable bonds is 10. The Morgan fingerprint density at radius 1 is 0.505 bits per heavy atom. The third kappa shape index (κ3) is 16.6. The van der Waals surface area contributed by atoms with Gasteiger partial charge in [-0.05, 0) is 87.6 Å². The molecule has 5 fully saturated rings. The van der Waals surface area contributed by atoms with Crippen LogP contribution in [0.1, 0.15) is 58.9 Å². The summed E-state index contributed by atoms with van der Waals surface area (Å²) < 4.78 is 129. The number of aromatic amines is 5. The highest BCUT2D eigenvalue weighted by molar-refractivity contribution is 7.90. The molecule has 5 saturated heterocycles. The van der Waals surface area contributed by atoms with Crippen molar-refractivity contribution >= 4 is 120 Å². The van der Waals surface area contributed by atoms with Crippen molar-refractivity contribution in [1.29, 1.82) is 0 Å². The van der Waals surface area contributed by atoms with Gasteiger partial charge in [0.05, 0.1) is 28.3 Å². The van der Waals surface area contributed by atoms with Gasteiger partial charge in [0.25, 0.3) is 20.4 Å². The number of carbonyl (C=O) groups is 2. The van der Waals surface area contributed by atoms with Crippen LogP contribution in [0.2, 0.25) is 0 Å². The Morgan fingerprint density at radius 3 is 1.34 bits per heavy atom. The number of piperidine rings is 1. The molecule has 0 radical (unpaired) electrons. The maximum Gasteiger partial charge on any atom is 0.511 e. The topological polar surface area (TPSA) is 260 Å². The van der Waals surface area contributed by atoms with E-state index < -0.39 is 36.0 Å². The normalized spacial score (nSPS) is 18.5. The van der Waals surface area contributed by atoms with Gasteiger partial charge in [0.2, 0.25) is 11.8 Å². The van der Waals surface area contributed by atoms with Crippen molar-refractivity contribution in [3.63, 3.8) is 0 Å². The van der Waals surface area contributed by atoms with Gasteiger partial charge in [-0.2, -0.15) is 47.2 Å². The first kappa shape index (κ1) is 75.5. The van der Waals surface area contributed by atoms with Gasteiger partial charge < -0.3 is 54.3 Å². The number of amides is 2. The van der Waals surface area contributed by atoms with Crippen LogP contribution in [-0.4, -0.2) is 232 Å². The Morgan fingerprint density at radius 2 is 0.922 bits per heavy atom. The largest absolute Gasteiger partial charge is 0.511 e. The Hall–Kier alpha value is -8.69. The Balaban J connectivity index is 0.000000129. The van der Waals surface area contributed by atoms with Crippen LogP contribution in [0.5, 0.6) is 0 Å². The number of aromatic nitrogens is 5. The lowest BCUT2D eigenvalue weighted by atomic mass is 9.90. The summed E-state index contributed by atoms with van der Waals surface area (Å²) in [5, 5.41) is 5.67. The van der Waals surface area contributed by atoms with E-state index in [1.54, 1.807) is 44.5 Å². The van der Waals surface area contributed by atoms with Crippen LogP contribution in [0.3, 0.4) is 0 Å². The van der Waals surface area contributed by atoms with Gasteiger partial charge in [-0.1, -0.05) is 72.8 Å². The molecule has 5 aromatic carbocycles. The number of H-pyrrole nitrogens is 5. The van der Waals surface area contributed by atoms with E-state index in [4.69, 9.17) is 0 Å². The van der Waals surface area contributed by atoms with Crippen LogP contribution in [0.25, 0.3) is 54.5 Å². The predicted octanol–water partition coefficient (Wildman–Crippen LogP) is 10.0. The summed E-state index contributed by atoms with van der Waals surface area (Å²) in [6, 6.07) is 37.5. The van der Waals surface area contributed by atoms with E-state index in [9.17, 15) is 52.4 Å². The van der Waals surface area contributed by atoms with Gasteiger partial charge in [-0.3, -0.25) is 9.59 Å². The number of anilines is 4. The molecule has 24 nitrogen and oxygen atoms in total. The zero-order valence-corrected chi connectivity index (χ0v) is 61.7. The number of para-hydroxylation sites is 4. The predicted molar refractivity (Wildman–Crippen MR) is 401 cm³/mol. The van der Waals surface area contributed by atoms with Gasteiger partial charge in [0, 0.05) is 231 Å². The molecule has 10 heterocycles. The summed E-state index contributed by atoms with van der Waals surface area (Å²) in [5.74, 6) is -0.106. The highest BCUT2D eigenvalue weighted by Gasteiger charge is 2.50. The third-order valence-corrected chi connectivity index (χ3v) is 25.1. The van der Waals surface area contributed by atoms with Crippen molar-refractivity contribution in [2.24, 2.45) is 0 Å². The maximum atomic E-state index is 13.2. The third-order valence-electron chi connectivity index (χ3n) is 20.0. The molecular weight excluding hydrogens is 1390 g/mol. The molecule has 0 aliphatic carbocycles. The first-order valence-electron chi connectivity index (χ1n) is 34.5. The zero-order valence-electron chi connectivity index (χ0n) is 59.2. The van der Waals surface area contributed by atoms with E-state index in [1.807, 2.05) is 70.7 Å². The standard InChI is InChI=1S/C16H21N3O.C15H19N3O.C14H14F4N2O2S.C14H20N4O2S.C13H18N4O2S/c1-12(20)19-9-8-18(11-16(19,2)3)15-10-17-14-7-5-4-6-13(14)15;1-11-10-17(7-8-18(11)12(2)19)15-9-16-14-6-4-3-5-13(14)15;15-10-1-2-11-12(8-19-13(11)7-10)9-3-5-20(6-4-9)23(21,22)14(16,17)18;1-16(2)21(19,20)18-9-7-17(8-10-18)14-11-15-13-6-4-3-5-12(13)14;1-14-20(18,19)17-8-6-16(7-9-17)13-10-15-12-5-3-2-4-11(12)13/h4-7,10,17H,8-9,11H2,1-3H3;3-6,9,11,16H,7-8,10H2,1-2H3;1-2,7-9,19H,3-6H2;3-6,11,15H,7-10H2,1-2H3;2-5,10,14-15H,6-9H2,1H3. The highest BCUT2D eigenvalue weighted by Crippen LogP contribution is 2.38. The molecule has 0 spiro atoms. The Bertz CT molecular complexity index is 4940. The smallest absolute Gasteiger partial charge is 0.367 e. The molecule has 0 bridgehead atoms. The van der Waals surface area contributed by atoms with E-state index in [0.717, 1.165) is 78.1 Å². The number of halogens is 4. The van der Waals surface area contributed by atoms with Gasteiger partial charge in [0.1, 0.15) is 5.82 Å². The number of fused-ring (bicyclic) bond motifs is 5. The van der Waals surface area contributed by atoms with Crippen LogP contribution in [0.15, 0.2) is 146 Å².